The highest BCUT2D eigenvalue weighted by atomic mass is 32.2. The third-order valence-corrected chi connectivity index (χ3v) is 5.64. The molecule has 2 aromatic rings. The van der Waals surface area contributed by atoms with E-state index in [4.69, 9.17) is 4.42 Å². The van der Waals surface area contributed by atoms with E-state index < -0.39 is 10.0 Å². The SMILES string of the molecule is CN(C)C(CNC(=O)c1cccc(S(=O)(=O)N(C)C)c1)c1ccco1. The van der Waals surface area contributed by atoms with E-state index in [1.807, 2.05) is 25.1 Å². The molecule has 0 aliphatic rings. The summed E-state index contributed by atoms with van der Waals surface area (Å²) in [6, 6.07) is 9.51. The number of amides is 1. The average Bonchev–Trinajstić information content (AvgIpc) is 3.08. The molecule has 8 heteroatoms. The number of hydrogen-bond donors (Lipinski definition) is 1. The van der Waals surface area contributed by atoms with Gasteiger partial charge in [0.05, 0.1) is 17.2 Å². The Morgan fingerprint density at radius 3 is 2.44 bits per heavy atom. The van der Waals surface area contributed by atoms with Gasteiger partial charge in [0, 0.05) is 26.2 Å². The molecule has 1 heterocycles. The first-order chi connectivity index (χ1) is 11.7. The summed E-state index contributed by atoms with van der Waals surface area (Å²) in [4.78, 5) is 14.4. The quantitative estimate of drug-likeness (QED) is 0.805. The minimum atomic E-state index is -3.58. The van der Waals surface area contributed by atoms with E-state index in [9.17, 15) is 13.2 Å². The lowest BCUT2D eigenvalue weighted by atomic mass is 10.2. The second kappa shape index (κ2) is 7.81. The average molecular weight is 365 g/mol. The van der Waals surface area contributed by atoms with Crippen molar-refractivity contribution in [1.82, 2.24) is 14.5 Å². The van der Waals surface area contributed by atoms with E-state index in [2.05, 4.69) is 5.32 Å². The first kappa shape index (κ1) is 19.2. The molecule has 0 spiro atoms. The lowest BCUT2D eigenvalue weighted by Gasteiger charge is -2.22. The standard InChI is InChI=1S/C17H23N3O4S/c1-19(2)15(16-9-6-10-24-16)12-18-17(21)13-7-5-8-14(11-13)25(22,23)20(3)4/h5-11,15H,12H2,1-4H3,(H,18,21). The van der Waals surface area contributed by atoms with Crippen LogP contribution in [0.15, 0.2) is 52.0 Å². The minimum absolute atomic E-state index is 0.0837. The fraction of sp³-hybridized carbons (Fsp3) is 0.353. The van der Waals surface area contributed by atoms with Gasteiger partial charge in [-0.05, 0) is 44.4 Å². The van der Waals surface area contributed by atoms with Crippen molar-refractivity contribution in [3.05, 3.63) is 54.0 Å². The molecular formula is C17H23N3O4S. The largest absolute Gasteiger partial charge is 0.468 e. The summed E-state index contributed by atoms with van der Waals surface area (Å²) < 4.78 is 30.9. The van der Waals surface area contributed by atoms with E-state index in [-0.39, 0.29) is 16.8 Å². The van der Waals surface area contributed by atoms with Gasteiger partial charge >= 0.3 is 0 Å². The van der Waals surface area contributed by atoms with Crippen molar-refractivity contribution in [3.8, 4) is 0 Å². The van der Waals surface area contributed by atoms with Crippen molar-refractivity contribution in [3.63, 3.8) is 0 Å². The van der Waals surface area contributed by atoms with Crippen LogP contribution >= 0.6 is 0 Å². The Morgan fingerprint density at radius 1 is 1.16 bits per heavy atom. The Balaban J connectivity index is 2.13. The van der Waals surface area contributed by atoms with Crippen LogP contribution in [0, 0.1) is 0 Å². The molecule has 0 saturated carbocycles. The highest BCUT2D eigenvalue weighted by molar-refractivity contribution is 7.89. The Hall–Kier alpha value is -2.16. The number of carbonyl (C=O) groups is 1. The van der Waals surface area contributed by atoms with Gasteiger partial charge in [-0.15, -0.1) is 0 Å². The third-order valence-electron chi connectivity index (χ3n) is 3.83. The number of sulfonamides is 1. The molecule has 0 aliphatic carbocycles. The van der Waals surface area contributed by atoms with E-state index in [0.29, 0.717) is 12.1 Å². The van der Waals surface area contributed by atoms with Gasteiger partial charge in [0.15, 0.2) is 0 Å². The summed E-state index contributed by atoms with van der Waals surface area (Å²) in [7, 11) is 3.10. The first-order valence-electron chi connectivity index (χ1n) is 7.74. The van der Waals surface area contributed by atoms with Crippen molar-refractivity contribution >= 4 is 15.9 Å². The van der Waals surface area contributed by atoms with Crippen molar-refractivity contribution in [1.29, 1.82) is 0 Å². The first-order valence-corrected chi connectivity index (χ1v) is 9.18. The van der Waals surface area contributed by atoms with E-state index in [1.165, 1.54) is 26.2 Å². The van der Waals surface area contributed by atoms with Crippen LogP contribution in [0.25, 0.3) is 0 Å². The van der Waals surface area contributed by atoms with E-state index in [1.54, 1.807) is 24.5 Å². The predicted molar refractivity (Wildman–Crippen MR) is 94.8 cm³/mol. The van der Waals surface area contributed by atoms with Crippen LogP contribution in [0.1, 0.15) is 22.2 Å². The van der Waals surface area contributed by atoms with Crippen LogP contribution in [0.3, 0.4) is 0 Å². The zero-order valence-corrected chi connectivity index (χ0v) is 15.6. The molecule has 0 bridgehead atoms. The molecule has 0 aliphatic heterocycles. The molecule has 1 unspecified atom stereocenters. The molecule has 0 saturated heterocycles. The zero-order valence-electron chi connectivity index (χ0n) is 14.8. The van der Waals surface area contributed by atoms with Gasteiger partial charge in [0.1, 0.15) is 5.76 Å². The smallest absolute Gasteiger partial charge is 0.251 e. The molecule has 2 rings (SSSR count). The van der Waals surface area contributed by atoms with Crippen molar-refractivity contribution < 1.29 is 17.6 Å². The second-order valence-electron chi connectivity index (χ2n) is 6.02. The number of likely N-dealkylation sites (N-methyl/N-ethyl adjacent to an activating group) is 1. The van der Waals surface area contributed by atoms with E-state index in [0.717, 1.165) is 10.1 Å². The molecule has 1 amide bonds. The van der Waals surface area contributed by atoms with Crippen LogP contribution in [0.2, 0.25) is 0 Å². The highest BCUT2D eigenvalue weighted by Crippen LogP contribution is 2.18. The minimum Gasteiger partial charge on any atom is -0.468 e. The van der Waals surface area contributed by atoms with Crippen LogP contribution in [0.4, 0.5) is 0 Å². The highest BCUT2D eigenvalue weighted by Gasteiger charge is 2.21. The fourth-order valence-electron chi connectivity index (χ4n) is 2.32. The molecular weight excluding hydrogens is 342 g/mol. The Labute approximate surface area is 148 Å². The van der Waals surface area contributed by atoms with E-state index >= 15 is 0 Å². The molecule has 136 valence electrons. The van der Waals surface area contributed by atoms with Crippen LogP contribution in [-0.2, 0) is 10.0 Å². The molecule has 0 fully saturated rings. The second-order valence-corrected chi connectivity index (χ2v) is 8.17. The summed E-state index contributed by atoms with van der Waals surface area (Å²) in [5.41, 5.74) is 0.292. The summed E-state index contributed by atoms with van der Waals surface area (Å²) in [6.45, 7) is 0.337. The number of furan rings is 1. The lowest BCUT2D eigenvalue weighted by molar-refractivity contribution is 0.0939. The molecule has 1 aromatic heterocycles. The fourth-order valence-corrected chi connectivity index (χ4v) is 3.27. The molecule has 7 nitrogen and oxygen atoms in total. The number of hydrogen-bond acceptors (Lipinski definition) is 5. The number of benzene rings is 1. The Bertz CT molecular complexity index is 814. The molecule has 25 heavy (non-hydrogen) atoms. The number of nitrogens with one attached hydrogen (secondary N) is 1. The maximum Gasteiger partial charge on any atom is 0.251 e. The lowest BCUT2D eigenvalue weighted by Crippen LogP contribution is -2.34. The topological polar surface area (TPSA) is 82.9 Å². The van der Waals surface area contributed by atoms with Crippen molar-refractivity contribution in [2.24, 2.45) is 0 Å². The van der Waals surface area contributed by atoms with Crippen molar-refractivity contribution in [2.45, 2.75) is 10.9 Å². The summed E-state index contributed by atoms with van der Waals surface area (Å²) >= 11 is 0. The van der Waals surface area contributed by atoms with Gasteiger partial charge < -0.3 is 9.73 Å². The molecule has 0 radical (unpaired) electrons. The number of rotatable bonds is 7. The molecule has 1 atom stereocenters. The van der Waals surface area contributed by atoms with Crippen molar-refractivity contribution in [2.75, 3.05) is 34.7 Å². The Kier molecular flexibility index (Phi) is 5.99. The normalized spacial score (nSPS) is 13.2. The maximum atomic E-state index is 12.4. The van der Waals surface area contributed by atoms with Gasteiger partial charge in [0.2, 0.25) is 10.0 Å². The predicted octanol–water partition coefficient (Wildman–Crippen LogP) is 1.56. The maximum absolute atomic E-state index is 12.4. The van der Waals surface area contributed by atoms with Crippen LogP contribution < -0.4 is 5.32 Å². The van der Waals surface area contributed by atoms with Gasteiger partial charge in [-0.25, -0.2) is 12.7 Å². The van der Waals surface area contributed by atoms with Crippen LogP contribution in [-0.4, -0.2) is 58.3 Å². The van der Waals surface area contributed by atoms with Gasteiger partial charge in [-0.1, -0.05) is 6.07 Å². The zero-order chi connectivity index (χ0) is 18.6. The molecule has 1 N–H and O–H groups in total. The summed E-state index contributed by atoms with van der Waals surface area (Å²) in [6.07, 6.45) is 1.59. The molecule has 1 aromatic carbocycles. The van der Waals surface area contributed by atoms with Gasteiger partial charge in [-0.2, -0.15) is 0 Å². The summed E-state index contributed by atoms with van der Waals surface area (Å²) in [5.74, 6) is 0.406. The summed E-state index contributed by atoms with van der Waals surface area (Å²) in [5, 5.41) is 2.83. The van der Waals surface area contributed by atoms with Gasteiger partial charge in [0.25, 0.3) is 5.91 Å². The number of nitrogens with zero attached hydrogens (tertiary/aromatic N) is 2. The van der Waals surface area contributed by atoms with Gasteiger partial charge in [-0.3, -0.25) is 9.69 Å². The van der Waals surface area contributed by atoms with Crippen LogP contribution in [0.5, 0.6) is 0 Å². The third kappa shape index (κ3) is 4.47. The Morgan fingerprint density at radius 2 is 1.88 bits per heavy atom. The monoisotopic (exact) mass is 365 g/mol. The number of carbonyl (C=O) groups excluding carboxylic acids is 1.